The van der Waals surface area contributed by atoms with Crippen molar-refractivity contribution >= 4 is 133 Å². The maximum Gasteiger partial charge on any atom is 0.508 e. The molecule has 135 heavy (non-hydrogen) atoms. The molecule has 5 heterocycles. The lowest BCUT2D eigenvalue weighted by atomic mass is 9.78. The minimum atomic E-state index is -2.52. The molecule has 0 radical (unpaired) electrons. The van der Waals surface area contributed by atoms with Crippen molar-refractivity contribution in [2.75, 3.05) is 95.9 Å². The Morgan fingerprint density at radius 1 is 0.696 bits per heavy atom. The van der Waals surface area contributed by atoms with Gasteiger partial charge in [0.2, 0.25) is 47.2 Å². The molecule has 2 bridgehead atoms. The van der Waals surface area contributed by atoms with Gasteiger partial charge in [0.1, 0.15) is 55.4 Å². The molecule has 1 aliphatic carbocycles. The van der Waals surface area contributed by atoms with E-state index in [2.05, 4.69) is 62.5 Å². The molecular formula is C91H130N14O28S2. The van der Waals surface area contributed by atoms with E-state index in [9.17, 15) is 102 Å². The van der Waals surface area contributed by atoms with Crippen LogP contribution in [0.4, 0.5) is 16.4 Å². The zero-order chi connectivity index (χ0) is 99.0. The molecule has 4 aliphatic rings. The highest BCUT2D eigenvalue weighted by Gasteiger charge is 2.53. The number of hydrogen-bond donors (Lipinski definition) is 15. The van der Waals surface area contributed by atoms with Crippen LogP contribution in [0.5, 0.6) is 0 Å². The lowest BCUT2D eigenvalue weighted by molar-refractivity contribution is -0.265. The number of rotatable bonds is 40. The number of methoxy groups -OCH3 is 2. The minimum absolute atomic E-state index is 0.00140. The van der Waals surface area contributed by atoms with Crippen molar-refractivity contribution in [3.63, 3.8) is 0 Å². The second kappa shape index (κ2) is 56.4. The molecule has 0 spiro atoms. The number of aromatic amines is 1. The number of nitrogens with two attached hydrogens (primary N) is 1. The summed E-state index contributed by atoms with van der Waals surface area (Å²) in [6, 6.07) is 2.12. The number of esters is 1. The SMILES string of the molecule is CO[C@H]1C[C@@H]2CC[C@@H](C)[C@@](O)(O2)C(=O)C(=O)N2CCCC[C@H]2C(=O)O[C@H]([C@H](C)C[C@@H]2CC[C@@H](OCCOC(=O)OCCSSCCNC(=O)CNC(=O)[C@H](CCC(=O)O)NC(=O)CNC(=O)[C@H](CCC(=O)O)NC(=O)CNC(=O)CCCNC(=O)c3ccc(NCc4cnc5nc(N)[nH]c(=O)c5n4)cc3)[C@H](OC)C2)CC(=O)[C@H](C)/C=C(\C)[C@@H](O)[C@@H](O)C(=O)[C@H](C)C[C@H](C)/C=C/C=CC=C1C. The van der Waals surface area contributed by atoms with Gasteiger partial charge in [0.15, 0.2) is 16.9 Å². The van der Waals surface area contributed by atoms with E-state index in [-0.39, 0.29) is 113 Å². The molecule has 1 saturated carbocycles. The molecular weight excluding hydrogens is 1800 g/mol. The van der Waals surface area contributed by atoms with Crippen molar-refractivity contribution in [2.24, 2.45) is 35.5 Å². The van der Waals surface area contributed by atoms with E-state index in [0.717, 1.165) is 10.5 Å². The predicted octanol–water partition coefficient (Wildman–Crippen LogP) is 3.68. The summed E-state index contributed by atoms with van der Waals surface area (Å²) < 4.78 is 41.0. The number of cyclic esters (lactones) is 1. The van der Waals surface area contributed by atoms with Gasteiger partial charge in [0.05, 0.1) is 69.1 Å². The molecule has 2 aromatic heterocycles. The van der Waals surface area contributed by atoms with Crippen molar-refractivity contribution in [1.29, 1.82) is 0 Å². The Morgan fingerprint density at radius 2 is 1.36 bits per heavy atom. The highest BCUT2D eigenvalue weighted by atomic mass is 33.1. The van der Waals surface area contributed by atoms with E-state index in [0.29, 0.717) is 86.2 Å². The van der Waals surface area contributed by atoms with Gasteiger partial charge in [0.25, 0.3) is 23.2 Å². The van der Waals surface area contributed by atoms with Gasteiger partial charge in [-0.1, -0.05) is 92.7 Å². The monoisotopic (exact) mass is 1930 g/mol. The Hall–Kier alpha value is -11.1. The van der Waals surface area contributed by atoms with E-state index < -0.39 is 230 Å². The number of anilines is 2. The Labute approximate surface area is 790 Å². The minimum Gasteiger partial charge on any atom is -0.481 e. The zero-order valence-corrected chi connectivity index (χ0v) is 79.2. The highest BCUT2D eigenvalue weighted by molar-refractivity contribution is 8.76. The fraction of sp³-hybridized carbons (Fsp3) is 0.615. The molecule has 3 aliphatic heterocycles. The van der Waals surface area contributed by atoms with Crippen LogP contribution < -0.4 is 53.8 Å². The van der Waals surface area contributed by atoms with E-state index in [4.69, 9.17) is 38.9 Å². The molecule has 17 atom stereocenters. The molecule has 44 heteroatoms. The second-order valence-electron chi connectivity index (χ2n) is 34.3. The summed E-state index contributed by atoms with van der Waals surface area (Å²) in [7, 11) is 5.72. The van der Waals surface area contributed by atoms with Crippen LogP contribution in [-0.4, -0.2) is 290 Å². The van der Waals surface area contributed by atoms with Crippen LogP contribution in [0.15, 0.2) is 82.9 Å². The summed E-state index contributed by atoms with van der Waals surface area (Å²) in [5, 5.41) is 73.3. The number of Topliss-reactive ketones (excluding diaryl/α,β-unsaturated/α-hetero) is 3. The van der Waals surface area contributed by atoms with Gasteiger partial charge in [-0.2, -0.15) is 4.98 Å². The number of allylic oxidation sites excluding steroid dienone is 6. The van der Waals surface area contributed by atoms with Crippen LogP contribution >= 0.6 is 21.6 Å². The number of amides is 8. The number of aliphatic hydroxyl groups is 3. The van der Waals surface area contributed by atoms with Crippen LogP contribution in [0.1, 0.15) is 180 Å². The van der Waals surface area contributed by atoms with E-state index in [1.165, 1.54) is 47.9 Å². The quantitative estimate of drug-likeness (QED) is 0.0127. The summed E-state index contributed by atoms with van der Waals surface area (Å²) >= 11 is 0. The van der Waals surface area contributed by atoms with Gasteiger partial charge >= 0.3 is 24.1 Å². The average Bonchev–Trinajstić information content (AvgIpc) is 0.774. The van der Waals surface area contributed by atoms with Crippen molar-refractivity contribution in [1.82, 2.24) is 62.1 Å². The standard InChI is InChI=1S/C91H130N14O28S2/c1-51-16-11-10-12-17-52(2)68(127-8)44-62-26-20-57(7)91(126,133-62)81(118)87(123)105-34-14-13-18-65(105)88(124)132-69(45-66(106)53(3)41-56(6)79(116)80(117)78(115)55(5)40-51)54(4)42-58-21-29-67(70(43-58)128-9)129-35-36-130-90(125)131-37-39-135-134-38-33-93-72(108)48-98-84(120)63(27-30-75(111)112)102-74(110)50-99-85(121)64(28-31-76(113)114)101-73(109)49-96-71(107)19-15-32-94-83(119)59-22-24-60(25-23-59)95-46-61-47-97-82-77(100-61)86(122)104-89(92)103-82/h10-12,16-17,22-25,41,47,51,53-55,57-58,62-65,67-70,79-80,95,116-117,126H,13-15,18-21,26-40,42-46,48-50H2,1-9H3,(H,93,108)(H,94,119)(H,96,107)(H,98,120)(H,99,121)(H,101,109)(H,102,110)(H,111,112)(H,113,114)(H3,92,97,103,104,122)/b12-10?,16-11+,52-17?,56-41+/t51-,53-,54-,55-,57-,58+,62+,63+,64+,65+,67-,68+,69+,70-,79-,80+,91-/m1/s1. The first-order valence-corrected chi connectivity index (χ1v) is 47.8. The number of nitrogens with zero attached hydrogens (tertiary/aromatic N) is 4. The van der Waals surface area contributed by atoms with Gasteiger partial charge in [0, 0.05) is 106 Å². The van der Waals surface area contributed by atoms with Crippen LogP contribution in [0, 0.1) is 35.5 Å². The van der Waals surface area contributed by atoms with Crippen LogP contribution in [0.2, 0.25) is 0 Å². The molecule has 42 nitrogen and oxygen atoms in total. The summed E-state index contributed by atoms with van der Waals surface area (Å²) in [4.78, 5) is 226. The van der Waals surface area contributed by atoms with E-state index >= 15 is 0 Å². The van der Waals surface area contributed by atoms with Crippen molar-refractivity contribution in [3.05, 3.63) is 99.7 Å². The first-order valence-electron chi connectivity index (χ1n) is 45.3. The summed E-state index contributed by atoms with van der Waals surface area (Å²) in [6.45, 7) is 10.2. The van der Waals surface area contributed by atoms with Gasteiger partial charge in [-0.15, -0.1) is 0 Å². The molecule has 16 N–H and O–H groups in total. The van der Waals surface area contributed by atoms with Crippen LogP contribution in [-0.2, 0) is 102 Å². The molecule has 0 unspecified atom stereocenters. The van der Waals surface area contributed by atoms with Gasteiger partial charge in [-0.05, 0) is 150 Å². The molecule has 1 aromatic carbocycles. The number of aliphatic carboxylic acids is 2. The third kappa shape index (κ3) is 36.8. The molecule has 744 valence electrons. The number of H-pyrrole nitrogens is 1. The normalized spacial score (nSPS) is 24.9. The predicted molar refractivity (Wildman–Crippen MR) is 494 cm³/mol. The Morgan fingerprint density at radius 3 is 2.04 bits per heavy atom. The Kier molecular flexibility index (Phi) is 46.3. The first kappa shape index (κ1) is 111. The molecule has 3 aromatic rings. The van der Waals surface area contributed by atoms with Crippen molar-refractivity contribution in [2.45, 2.75) is 237 Å². The first-order chi connectivity index (χ1) is 64.3. The van der Waals surface area contributed by atoms with Crippen molar-refractivity contribution in [3.8, 4) is 0 Å². The lowest BCUT2D eigenvalue weighted by Gasteiger charge is -2.42. The fourth-order valence-electron chi connectivity index (χ4n) is 16.0. The summed E-state index contributed by atoms with van der Waals surface area (Å²) in [5.41, 5.74) is 7.52. The molecule has 7 rings (SSSR count). The molecule has 2 saturated heterocycles. The number of carboxylic acid groups (broad SMARTS) is 2. The number of fused-ring (bicyclic) bond motifs is 4. The number of aromatic nitrogens is 4. The largest absolute Gasteiger partial charge is 0.508 e. The smallest absolute Gasteiger partial charge is 0.481 e. The third-order valence-electron chi connectivity index (χ3n) is 23.7. The number of carboxylic acids is 2. The summed E-state index contributed by atoms with van der Waals surface area (Å²) in [6.07, 6.45) is 6.84. The number of carbonyl (C=O) groups is 15. The topological polar surface area (TPSA) is 619 Å². The van der Waals surface area contributed by atoms with E-state index in [1.54, 1.807) is 52.1 Å². The Bertz CT molecular complexity index is 4770. The summed E-state index contributed by atoms with van der Waals surface area (Å²) in [5.74, 6) is -17.2. The maximum absolute atomic E-state index is 14.7. The van der Waals surface area contributed by atoms with E-state index in [1.807, 2.05) is 51.2 Å². The number of aliphatic hydroxyl groups excluding tert-OH is 2. The second-order valence-corrected chi connectivity index (χ2v) is 37.0. The van der Waals surface area contributed by atoms with Crippen LogP contribution in [0.25, 0.3) is 11.2 Å². The molecule has 8 amide bonds. The zero-order valence-electron chi connectivity index (χ0n) is 77.6. The average molecular weight is 1930 g/mol. The lowest BCUT2D eigenvalue weighted by Crippen LogP contribution is -2.61. The number of nitrogen functional groups attached to an aromatic ring is 1. The number of hydrogen-bond acceptors (Lipinski definition) is 33. The molecule has 3 fully saturated rings. The number of ketones is 3. The fourth-order valence-corrected chi connectivity index (χ4v) is 17.7. The van der Waals surface area contributed by atoms with Gasteiger partial charge < -0.3 is 112 Å². The highest BCUT2D eigenvalue weighted by Crippen LogP contribution is 2.39. The number of nitrogens with one attached hydrogen (secondary N) is 9. The number of benzene rings is 1. The Balaban J connectivity index is 0.789. The number of ether oxygens (including phenoxy) is 7. The van der Waals surface area contributed by atoms with Crippen LogP contribution in [0.3, 0.4) is 0 Å². The number of piperidine rings is 1. The van der Waals surface area contributed by atoms with Crippen molar-refractivity contribution < 1.29 is 131 Å². The van der Waals surface area contributed by atoms with Gasteiger partial charge in [-0.3, -0.25) is 72.1 Å². The van der Waals surface area contributed by atoms with Gasteiger partial charge in [-0.25, -0.2) is 19.6 Å². The third-order valence-corrected chi connectivity index (χ3v) is 26.1. The maximum atomic E-state index is 14.7. The number of carbonyl (C=O) groups excluding carboxylic acids is 13.